The van der Waals surface area contributed by atoms with Crippen molar-refractivity contribution >= 4 is 40.8 Å². The fraction of sp³-hybridized carbons (Fsp3) is 0.368. The molecule has 1 aromatic carbocycles. The lowest BCUT2D eigenvalue weighted by atomic mass is 10.1. The zero-order valence-corrected chi connectivity index (χ0v) is 18.7. The maximum absolute atomic E-state index is 12.0. The highest BCUT2D eigenvalue weighted by Gasteiger charge is 2.20. The average molecular weight is 449 g/mol. The van der Waals surface area contributed by atoms with Gasteiger partial charge in [0.05, 0.1) is 23.0 Å². The summed E-state index contributed by atoms with van der Waals surface area (Å²) in [6.45, 7) is 8.02. The molecule has 2 aromatic heterocycles. The number of rotatable bonds is 7. The highest BCUT2D eigenvalue weighted by Crippen LogP contribution is 2.34. The number of benzene rings is 1. The normalized spacial score (nSPS) is 12.0. The van der Waals surface area contributed by atoms with Gasteiger partial charge in [0.1, 0.15) is 6.73 Å². The number of hydrogen-bond donors (Lipinski definition) is 1. The quantitative estimate of drug-likeness (QED) is 0.434. The number of halogens is 1. The van der Waals surface area contributed by atoms with Gasteiger partial charge >= 0.3 is 0 Å². The third-order valence-electron chi connectivity index (χ3n) is 4.49. The van der Waals surface area contributed by atoms with Gasteiger partial charge in [0.2, 0.25) is 0 Å². The van der Waals surface area contributed by atoms with E-state index in [0.717, 1.165) is 32.7 Å². The third-order valence-corrected chi connectivity index (χ3v) is 6.88. The van der Waals surface area contributed by atoms with Crippen molar-refractivity contribution in [3.05, 3.63) is 40.6 Å². The first-order valence-electron chi connectivity index (χ1n) is 8.86. The van der Waals surface area contributed by atoms with E-state index >= 15 is 0 Å². The number of carbonyl (C=O) groups excluding carboxylic acids is 1. The Morgan fingerprint density at radius 2 is 2.07 bits per heavy atom. The predicted molar refractivity (Wildman–Crippen MR) is 114 cm³/mol. The van der Waals surface area contributed by atoms with Crippen LogP contribution < -0.4 is 5.73 Å². The van der Waals surface area contributed by atoms with Crippen molar-refractivity contribution in [3.63, 3.8) is 0 Å². The van der Waals surface area contributed by atoms with Crippen molar-refractivity contribution < 1.29 is 9.53 Å². The van der Waals surface area contributed by atoms with Gasteiger partial charge in [0.15, 0.2) is 0 Å². The Labute approximate surface area is 168 Å². The van der Waals surface area contributed by atoms with Gasteiger partial charge in [-0.05, 0) is 24.2 Å². The van der Waals surface area contributed by atoms with E-state index in [-0.39, 0.29) is 0 Å². The summed E-state index contributed by atoms with van der Waals surface area (Å²) in [7, 11) is 0.707. The molecule has 0 aliphatic rings. The molecule has 2 N–H and O–H groups in total. The van der Waals surface area contributed by atoms with Crippen LogP contribution in [-0.2, 0) is 18.5 Å². The van der Waals surface area contributed by atoms with Gasteiger partial charge in [-0.1, -0.05) is 35.6 Å². The number of hydrogen-bond acceptors (Lipinski definition) is 3. The number of nitrogens with zero attached hydrogens (tertiary/aromatic N) is 3. The first-order chi connectivity index (χ1) is 12.7. The van der Waals surface area contributed by atoms with E-state index < -0.39 is 14.0 Å². The van der Waals surface area contributed by atoms with Gasteiger partial charge in [-0.2, -0.15) is 5.10 Å². The van der Waals surface area contributed by atoms with E-state index in [9.17, 15) is 4.79 Å². The van der Waals surface area contributed by atoms with Gasteiger partial charge in [-0.15, -0.1) is 0 Å². The van der Waals surface area contributed by atoms with Crippen molar-refractivity contribution in [1.82, 2.24) is 14.3 Å². The topological polar surface area (TPSA) is 75.1 Å². The molecule has 6 nitrogen and oxygen atoms in total. The second-order valence-electron chi connectivity index (χ2n) is 7.93. The van der Waals surface area contributed by atoms with Crippen LogP contribution in [0.1, 0.15) is 10.4 Å². The summed E-state index contributed by atoms with van der Waals surface area (Å²) in [6.07, 6.45) is 3.76. The van der Waals surface area contributed by atoms with Crippen LogP contribution in [0.3, 0.4) is 0 Å². The molecule has 0 bridgehead atoms. The standard InChI is InChI=1S/C19H25BrN4O2Si/c1-23-11-13(10-22-23)17-9-15-16(20)6-5-14(19(21)25)18(15)24(17)12-26-7-8-27(2,3)4/h5-6,9-11H,7-8,12H2,1-4H3,(H2,21,25). The summed E-state index contributed by atoms with van der Waals surface area (Å²) in [5.41, 5.74) is 8.82. The highest BCUT2D eigenvalue weighted by atomic mass is 79.9. The minimum atomic E-state index is -1.17. The third kappa shape index (κ3) is 4.34. The summed E-state index contributed by atoms with van der Waals surface area (Å²) in [5.74, 6) is -0.452. The first kappa shape index (κ1) is 19.8. The van der Waals surface area contributed by atoms with Crippen LogP contribution >= 0.6 is 15.9 Å². The maximum atomic E-state index is 12.0. The number of ether oxygens (including phenoxy) is 1. The van der Waals surface area contributed by atoms with Crippen molar-refractivity contribution in [2.24, 2.45) is 12.8 Å². The van der Waals surface area contributed by atoms with E-state index in [1.807, 2.05) is 36.1 Å². The Kier molecular flexibility index (Phi) is 5.59. The van der Waals surface area contributed by atoms with Crippen molar-refractivity contribution in [3.8, 4) is 11.3 Å². The lowest BCUT2D eigenvalue weighted by Gasteiger charge is -2.17. The molecule has 144 valence electrons. The molecular weight excluding hydrogens is 424 g/mol. The van der Waals surface area contributed by atoms with Gasteiger partial charge in [0.25, 0.3) is 5.91 Å². The van der Waals surface area contributed by atoms with E-state index in [1.165, 1.54) is 0 Å². The molecule has 0 saturated heterocycles. The van der Waals surface area contributed by atoms with E-state index in [1.54, 1.807) is 10.7 Å². The Balaban J connectivity index is 2.08. The Morgan fingerprint density at radius 3 is 2.67 bits per heavy atom. The highest BCUT2D eigenvalue weighted by molar-refractivity contribution is 9.10. The molecule has 3 aromatic rings. The minimum absolute atomic E-state index is 0.356. The van der Waals surface area contributed by atoms with Gasteiger partial charge < -0.3 is 15.0 Å². The monoisotopic (exact) mass is 448 g/mol. The molecule has 0 fully saturated rings. The molecule has 1 amide bonds. The van der Waals surface area contributed by atoms with Crippen molar-refractivity contribution in [2.45, 2.75) is 32.4 Å². The summed E-state index contributed by atoms with van der Waals surface area (Å²) in [4.78, 5) is 12.0. The molecule has 0 radical (unpaired) electrons. The molecule has 0 atom stereocenters. The van der Waals surface area contributed by atoms with Crippen LogP contribution in [0, 0.1) is 0 Å². The van der Waals surface area contributed by atoms with E-state index in [0.29, 0.717) is 18.9 Å². The fourth-order valence-electron chi connectivity index (χ4n) is 3.01. The Bertz CT molecular complexity index is 988. The van der Waals surface area contributed by atoms with Crippen LogP contribution in [0.5, 0.6) is 0 Å². The van der Waals surface area contributed by atoms with Crippen LogP contribution in [0.25, 0.3) is 22.2 Å². The summed E-state index contributed by atoms with van der Waals surface area (Å²) in [6, 6.07) is 6.73. The van der Waals surface area contributed by atoms with E-state index in [2.05, 4.69) is 40.7 Å². The molecule has 3 rings (SSSR count). The molecule has 2 heterocycles. The molecular formula is C19H25BrN4O2Si. The smallest absolute Gasteiger partial charge is 0.250 e. The second-order valence-corrected chi connectivity index (χ2v) is 14.4. The molecule has 0 unspecified atom stereocenters. The number of nitrogens with two attached hydrogens (primary N) is 1. The van der Waals surface area contributed by atoms with Crippen LogP contribution in [0.4, 0.5) is 0 Å². The molecule has 27 heavy (non-hydrogen) atoms. The fourth-order valence-corrected chi connectivity index (χ4v) is 4.20. The molecule has 8 heteroatoms. The molecule has 0 aliphatic heterocycles. The summed E-state index contributed by atoms with van der Waals surface area (Å²) < 4.78 is 10.7. The van der Waals surface area contributed by atoms with Crippen LogP contribution in [0.2, 0.25) is 25.7 Å². The maximum Gasteiger partial charge on any atom is 0.250 e. The number of primary amides is 1. The lowest BCUT2D eigenvalue weighted by Crippen LogP contribution is -2.22. The number of fused-ring (bicyclic) bond motifs is 1. The molecule has 0 spiro atoms. The van der Waals surface area contributed by atoms with Crippen LogP contribution in [-0.4, -0.2) is 34.9 Å². The zero-order chi connectivity index (χ0) is 19.8. The Hall–Kier alpha value is -1.90. The average Bonchev–Trinajstić information content (AvgIpc) is 3.15. The number of aromatic nitrogens is 3. The molecule has 0 saturated carbocycles. The summed E-state index contributed by atoms with van der Waals surface area (Å²) in [5, 5.41) is 5.21. The van der Waals surface area contributed by atoms with Gasteiger partial charge in [0, 0.05) is 43.3 Å². The number of aryl methyl sites for hydroxylation is 1. The van der Waals surface area contributed by atoms with Gasteiger partial charge in [-0.3, -0.25) is 9.48 Å². The minimum Gasteiger partial charge on any atom is -0.366 e. The van der Waals surface area contributed by atoms with Gasteiger partial charge in [-0.25, -0.2) is 0 Å². The Morgan fingerprint density at radius 1 is 1.33 bits per heavy atom. The summed E-state index contributed by atoms with van der Waals surface area (Å²) >= 11 is 3.59. The van der Waals surface area contributed by atoms with Crippen molar-refractivity contribution in [2.75, 3.05) is 6.61 Å². The second kappa shape index (κ2) is 7.61. The SMILES string of the molecule is Cn1cc(-c2cc3c(Br)ccc(C(N)=O)c3n2COCC[Si](C)(C)C)cn1. The number of carbonyl (C=O) groups is 1. The lowest BCUT2D eigenvalue weighted by molar-refractivity contribution is 0.0909. The largest absolute Gasteiger partial charge is 0.366 e. The molecule has 0 aliphatic carbocycles. The van der Waals surface area contributed by atoms with Crippen LogP contribution in [0.15, 0.2) is 35.1 Å². The zero-order valence-electron chi connectivity index (χ0n) is 16.1. The first-order valence-corrected chi connectivity index (χ1v) is 13.4. The van der Waals surface area contributed by atoms with Crippen molar-refractivity contribution in [1.29, 1.82) is 0 Å². The predicted octanol–water partition coefficient (Wildman–Crippen LogP) is 4.22. The van der Waals surface area contributed by atoms with E-state index in [4.69, 9.17) is 10.5 Å². The number of amides is 1.